The largest absolute Gasteiger partial charge is 0.379 e. The van der Waals surface area contributed by atoms with Gasteiger partial charge in [0.2, 0.25) is 5.91 Å². The predicted molar refractivity (Wildman–Crippen MR) is 102 cm³/mol. The van der Waals surface area contributed by atoms with Crippen molar-refractivity contribution in [3.8, 4) is 0 Å². The van der Waals surface area contributed by atoms with E-state index in [1.807, 2.05) is 18.2 Å². The number of halogens is 1. The highest BCUT2D eigenvalue weighted by Gasteiger charge is 2.23. The van der Waals surface area contributed by atoms with Crippen LogP contribution in [0.3, 0.4) is 0 Å². The van der Waals surface area contributed by atoms with Gasteiger partial charge < -0.3 is 15.8 Å². The Labute approximate surface area is 155 Å². The van der Waals surface area contributed by atoms with E-state index in [4.69, 9.17) is 22.1 Å². The summed E-state index contributed by atoms with van der Waals surface area (Å²) in [4.78, 5) is 14.5. The summed E-state index contributed by atoms with van der Waals surface area (Å²) in [5, 5.41) is 3.82. The lowest BCUT2D eigenvalue weighted by atomic mass is 10.0. The number of unbranched alkanes of at least 4 members (excludes halogenated alkanes) is 3. The minimum Gasteiger partial charge on any atom is -0.379 e. The SMILES string of the molecule is NCCCCCCC(=O)NCC(c1cccc(Cl)c1)N1CCOCC1. The maximum absolute atomic E-state index is 12.2. The lowest BCUT2D eigenvalue weighted by Crippen LogP contribution is -2.43. The van der Waals surface area contributed by atoms with Crippen molar-refractivity contribution >= 4 is 17.5 Å². The zero-order valence-corrected chi connectivity index (χ0v) is 15.6. The Balaban J connectivity index is 1.86. The lowest BCUT2D eigenvalue weighted by Gasteiger charge is -2.35. The van der Waals surface area contributed by atoms with Crippen molar-refractivity contribution in [3.63, 3.8) is 0 Å². The van der Waals surface area contributed by atoms with E-state index in [1.165, 1.54) is 0 Å². The first kappa shape index (κ1) is 20.2. The first-order valence-corrected chi connectivity index (χ1v) is 9.62. The number of ether oxygens (including phenoxy) is 1. The van der Waals surface area contributed by atoms with E-state index in [1.54, 1.807) is 0 Å². The van der Waals surface area contributed by atoms with Crippen molar-refractivity contribution in [3.05, 3.63) is 34.9 Å². The normalized spacial score (nSPS) is 16.6. The zero-order chi connectivity index (χ0) is 17.9. The van der Waals surface area contributed by atoms with Crippen LogP contribution in [0.5, 0.6) is 0 Å². The second kappa shape index (κ2) is 11.5. The number of morpholine rings is 1. The number of carbonyl (C=O) groups is 1. The van der Waals surface area contributed by atoms with Crippen LogP contribution in [-0.2, 0) is 9.53 Å². The molecule has 6 heteroatoms. The molecule has 1 aromatic rings. The maximum atomic E-state index is 12.2. The minimum absolute atomic E-state index is 0.119. The number of nitrogens with one attached hydrogen (secondary N) is 1. The highest BCUT2D eigenvalue weighted by Crippen LogP contribution is 2.24. The lowest BCUT2D eigenvalue weighted by molar-refractivity contribution is -0.121. The molecule has 1 aliphatic rings. The van der Waals surface area contributed by atoms with Gasteiger partial charge in [-0.15, -0.1) is 0 Å². The molecule has 25 heavy (non-hydrogen) atoms. The van der Waals surface area contributed by atoms with E-state index < -0.39 is 0 Å². The number of amides is 1. The molecule has 0 aromatic heterocycles. The van der Waals surface area contributed by atoms with Gasteiger partial charge in [0.25, 0.3) is 0 Å². The van der Waals surface area contributed by atoms with Gasteiger partial charge in [0.05, 0.1) is 19.3 Å². The molecule has 0 aliphatic carbocycles. The quantitative estimate of drug-likeness (QED) is 0.624. The van der Waals surface area contributed by atoms with Crippen LogP contribution in [0.15, 0.2) is 24.3 Å². The smallest absolute Gasteiger partial charge is 0.220 e. The molecule has 5 nitrogen and oxygen atoms in total. The first-order valence-electron chi connectivity index (χ1n) is 9.24. The van der Waals surface area contributed by atoms with Gasteiger partial charge in [-0.2, -0.15) is 0 Å². The fraction of sp³-hybridized carbons (Fsp3) is 0.632. The number of hydrogen-bond acceptors (Lipinski definition) is 4. The van der Waals surface area contributed by atoms with Gasteiger partial charge in [-0.3, -0.25) is 9.69 Å². The summed E-state index contributed by atoms with van der Waals surface area (Å²) in [6.07, 6.45) is 4.70. The molecule has 3 N–H and O–H groups in total. The standard InChI is InChI=1S/C19H30ClN3O2/c20-17-7-5-6-16(14-17)18(23-10-12-25-13-11-23)15-22-19(24)8-3-1-2-4-9-21/h5-7,14,18H,1-4,8-13,15,21H2,(H,22,24). The average Bonchev–Trinajstić information content (AvgIpc) is 2.63. The molecule has 0 bridgehead atoms. The number of rotatable bonds is 10. The van der Waals surface area contributed by atoms with Crippen LogP contribution >= 0.6 is 11.6 Å². The number of nitrogens with zero attached hydrogens (tertiary/aromatic N) is 1. The van der Waals surface area contributed by atoms with Crippen molar-refractivity contribution in [1.82, 2.24) is 10.2 Å². The molecular weight excluding hydrogens is 338 g/mol. The van der Waals surface area contributed by atoms with E-state index in [2.05, 4.69) is 16.3 Å². The summed E-state index contributed by atoms with van der Waals surface area (Å²) in [6, 6.07) is 8.03. The second-order valence-electron chi connectivity index (χ2n) is 6.48. The van der Waals surface area contributed by atoms with E-state index in [9.17, 15) is 4.79 Å². The monoisotopic (exact) mass is 367 g/mol. The van der Waals surface area contributed by atoms with Crippen molar-refractivity contribution in [1.29, 1.82) is 0 Å². The number of carbonyl (C=O) groups excluding carboxylic acids is 1. The Hall–Kier alpha value is -1.14. The van der Waals surface area contributed by atoms with Crippen LogP contribution in [0.25, 0.3) is 0 Å². The molecule has 0 radical (unpaired) electrons. The summed E-state index contributed by atoms with van der Waals surface area (Å²) in [6.45, 7) is 4.52. The molecular formula is C19H30ClN3O2. The molecule has 2 rings (SSSR count). The van der Waals surface area contributed by atoms with Crippen molar-refractivity contribution in [2.75, 3.05) is 39.4 Å². The van der Waals surface area contributed by atoms with Crippen molar-refractivity contribution in [2.45, 2.75) is 38.1 Å². The van der Waals surface area contributed by atoms with E-state index >= 15 is 0 Å². The fourth-order valence-corrected chi connectivity index (χ4v) is 3.34. The second-order valence-corrected chi connectivity index (χ2v) is 6.91. The Kier molecular flexibility index (Phi) is 9.26. The number of hydrogen-bond donors (Lipinski definition) is 2. The van der Waals surface area contributed by atoms with Crippen molar-refractivity contribution < 1.29 is 9.53 Å². The van der Waals surface area contributed by atoms with Crippen LogP contribution in [0.1, 0.15) is 43.7 Å². The van der Waals surface area contributed by atoms with Gasteiger partial charge >= 0.3 is 0 Å². The molecule has 1 amide bonds. The van der Waals surface area contributed by atoms with E-state index in [0.717, 1.165) is 69.1 Å². The minimum atomic E-state index is 0.119. The molecule has 1 atom stereocenters. The van der Waals surface area contributed by atoms with Gasteiger partial charge in [0, 0.05) is 31.1 Å². The Morgan fingerprint density at radius 2 is 2.00 bits per heavy atom. The topological polar surface area (TPSA) is 67.6 Å². The predicted octanol–water partition coefficient (Wildman–Crippen LogP) is 2.74. The Morgan fingerprint density at radius 1 is 1.24 bits per heavy atom. The van der Waals surface area contributed by atoms with E-state index in [0.29, 0.717) is 13.0 Å². The van der Waals surface area contributed by atoms with Gasteiger partial charge in [0.15, 0.2) is 0 Å². The summed E-state index contributed by atoms with van der Waals surface area (Å²) in [5.41, 5.74) is 6.62. The van der Waals surface area contributed by atoms with Crippen LogP contribution in [0, 0.1) is 0 Å². The average molecular weight is 368 g/mol. The highest BCUT2D eigenvalue weighted by atomic mass is 35.5. The van der Waals surface area contributed by atoms with Gasteiger partial charge in [0.1, 0.15) is 0 Å². The molecule has 140 valence electrons. The summed E-state index contributed by atoms with van der Waals surface area (Å²) >= 11 is 6.16. The molecule has 0 saturated carbocycles. The molecule has 1 saturated heterocycles. The third-order valence-electron chi connectivity index (χ3n) is 4.57. The number of benzene rings is 1. The summed E-state index contributed by atoms with van der Waals surface area (Å²) in [7, 11) is 0. The zero-order valence-electron chi connectivity index (χ0n) is 14.9. The van der Waals surface area contributed by atoms with Crippen LogP contribution < -0.4 is 11.1 Å². The highest BCUT2D eigenvalue weighted by molar-refractivity contribution is 6.30. The molecule has 1 aromatic carbocycles. The van der Waals surface area contributed by atoms with Crippen molar-refractivity contribution in [2.24, 2.45) is 5.73 Å². The fourth-order valence-electron chi connectivity index (χ4n) is 3.14. The van der Waals surface area contributed by atoms with Crippen LogP contribution in [-0.4, -0.2) is 50.2 Å². The third kappa shape index (κ3) is 7.32. The molecule has 1 heterocycles. The summed E-state index contributed by atoms with van der Waals surface area (Å²) in [5.74, 6) is 0.119. The van der Waals surface area contributed by atoms with E-state index in [-0.39, 0.29) is 11.9 Å². The maximum Gasteiger partial charge on any atom is 0.220 e. The molecule has 1 aliphatic heterocycles. The van der Waals surface area contributed by atoms with Gasteiger partial charge in [-0.25, -0.2) is 0 Å². The Morgan fingerprint density at radius 3 is 2.72 bits per heavy atom. The first-order chi connectivity index (χ1) is 12.2. The number of nitrogens with two attached hydrogens (primary N) is 1. The van der Waals surface area contributed by atoms with Crippen LogP contribution in [0.2, 0.25) is 5.02 Å². The summed E-state index contributed by atoms with van der Waals surface area (Å²) < 4.78 is 5.46. The Bertz CT molecular complexity index is 521. The van der Waals surface area contributed by atoms with Gasteiger partial charge in [-0.05, 0) is 37.1 Å². The molecule has 1 unspecified atom stereocenters. The third-order valence-corrected chi connectivity index (χ3v) is 4.81. The molecule has 1 fully saturated rings. The molecule has 0 spiro atoms. The van der Waals surface area contributed by atoms with Gasteiger partial charge in [-0.1, -0.05) is 36.6 Å². The van der Waals surface area contributed by atoms with Crippen LogP contribution in [0.4, 0.5) is 0 Å².